The topological polar surface area (TPSA) is 0 Å². The molecular weight excluding hydrogens is 144 g/mol. The van der Waals surface area contributed by atoms with Crippen molar-refractivity contribution in [2.24, 2.45) is 10.8 Å². The second kappa shape index (κ2) is 1.97. The molecule has 0 heteroatoms. The van der Waals surface area contributed by atoms with E-state index in [-0.39, 0.29) is 0 Å². The largest absolute Gasteiger partial charge is 0.0839 e. The van der Waals surface area contributed by atoms with Crippen LogP contribution < -0.4 is 0 Å². The Morgan fingerprint density at radius 3 is 2.67 bits per heavy atom. The van der Waals surface area contributed by atoms with Crippen LogP contribution >= 0.6 is 0 Å². The number of unbranched alkanes of at least 4 members (excludes halogenated alkanes) is 1. The first kappa shape index (κ1) is 7.17. The van der Waals surface area contributed by atoms with Gasteiger partial charge in [-0.15, -0.1) is 0 Å². The van der Waals surface area contributed by atoms with Crippen molar-refractivity contribution in [3.8, 4) is 0 Å². The van der Waals surface area contributed by atoms with Gasteiger partial charge < -0.3 is 0 Å². The molecule has 4 aliphatic carbocycles. The maximum Gasteiger partial charge on any atom is -0.00426 e. The van der Waals surface area contributed by atoms with E-state index in [0.29, 0.717) is 0 Å². The molecule has 3 saturated carbocycles. The first-order valence-corrected chi connectivity index (χ1v) is 5.48. The molecule has 0 heterocycles. The van der Waals surface area contributed by atoms with E-state index < -0.39 is 0 Å². The normalized spacial score (nSPS) is 47.6. The molecule has 2 bridgehead atoms. The van der Waals surface area contributed by atoms with E-state index >= 15 is 0 Å². The van der Waals surface area contributed by atoms with Crippen LogP contribution in [0, 0.1) is 10.8 Å². The van der Waals surface area contributed by atoms with Crippen molar-refractivity contribution in [3.63, 3.8) is 0 Å². The van der Waals surface area contributed by atoms with Gasteiger partial charge in [0, 0.05) is 0 Å². The minimum Gasteiger partial charge on any atom is -0.0839 e. The lowest BCUT2D eigenvalue weighted by Gasteiger charge is -2.50. The van der Waals surface area contributed by atoms with E-state index in [0.717, 1.165) is 10.8 Å². The van der Waals surface area contributed by atoms with E-state index in [1.165, 1.54) is 32.1 Å². The fourth-order valence-corrected chi connectivity index (χ4v) is 3.90. The summed E-state index contributed by atoms with van der Waals surface area (Å²) in [6.07, 6.45) is 12.9. The Morgan fingerprint density at radius 1 is 1.42 bits per heavy atom. The second-order valence-corrected chi connectivity index (χ2v) is 5.35. The van der Waals surface area contributed by atoms with Crippen LogP contribution in [0.25, 0.3) is 0 Å². The molecule has 0 aromatic heterocycles. The zero-order chi connectivity index (χ0) is 8.23. The molecule has 0 nitrogen and oxygen atoms in total. The SMILES string of the molecule is CCCCC12CC3=CCC3(C1)C2. The van der Waals surface area contributed by atoms with Crippen LogP contribution in [0.2, 0.25) is 0 Å². The molecule has 0 aromatic rings. The Balaban J connectivity index is 1.72. The molecule has 66 valence electrons. The van der Waals surface area contributed by atoms with E-state index in [1.54, 1.807) is 12.8 Å². The predicted octanol–water partition coefficient (Wildman–Crippen LogP) is 3.68. The molecule has 0 unspecified atom stereocenters. The van der Waals surface area contributed by atoms with Crippen LogP contribution in [0.15, 0.2) is 11.6 Å². The Bertz CT molecular complexity index is 241. The summed E-state index contributed by atoms with van der Waals surface area (Å²) in [5.41, 5.74) is 3.46. The highest BCUT2D eigenvalue weighted by Crippen LogP contribution is 2.76. The molecular formula is C12H18. The van der Waals surface area contributed by atoms with Crippen molar-refractivity contribution in [2.75, 3.05) is 0 Å². The molecule has 4 aliphatic rings. The Hall–Kier alpha value is -0.260. The first-order chi connectivity index (χ1) is 5.79. The summed E-state index contributed by atoms with van der Waals surface area (Å²) in [5.74, 6) is 0. The Morgan fingerprint density at radius 2 is 2.25 bits per heavy atom. The smallest absolute Gasteiger partial charge is 0.00426 e. The van der Waals surface area contributed by atoms with Gasteiger partial charge in [-0.25, -0.2) is 0 Å². The quantitative estimate of drug-likeness (QED) is 0.555. The van der Waals surface area contributed by atoms with Crippen molar-refractivity contribution >= 4 is 0 Å². The lowest BCUT2D eigenvalue weighted by atomic mass is 9.54. The predicted molar refractivity (Wildman–Crippen MR) is 50.9 cm³/mol. The van der Waals surface area contributed by atoms with Gasteiger partial charge in [-0.2, -0.15) is 0 Å². The first-order valence-electron chi connectivity index (χ1n) is 5.48. The molecule has 0 radical (unpaired) electrons. The lowest BCUT2D eigenvalue weighted by Crippen LogP contribution is -2.39. The molecule has 4 rings (SSSR count). The zero-order valence-corrected chi connectivity index (χ0v) is 8.03. The van der Waals surface area contributed by atoms with Gasteiger partial charge in [-0.3, -0.25) is 0 Å². The van der Waals surface area contributed by atoms with Gasteiger partial charge in [0.15, 0.2) is 0 Å². The standard InChI is InChI=1S/C12H18/c1-2-3-5-11-7-10-4-6-12(10,8-11)9-11/h4H,2-3,5-9H2,1H3. The molecule has 0 atom stereocenters. The van der Waals surface area contributed by atoms with E-state index in [1.807, 2.05) is 5.57 Å². The molecule has 3 fully saturated rings. The molecule has 0 N–H and O–H groups in total. The summed E-state index contributed by atoms with van der Waals surface area (Å²) < 4.78 is 0. The molecule has 0 aromatic carbocycles. The highest BCUT2D eigenvalue weighted by Gasteiger charge is 2.64. The second-order valence-electron chi connectivity index (χ2n) is 5.35. The maximum atomic E-state index is 2.50. The van der Waals surface area contributed by atoms with Crippen LogP contribution in [-0.4, -0.2) is 0 Å². The number of allylic oxidation sites excluding steroid dienone is 2. The molecule has 1 spiro atoms. The van der Waals surface area contributed by atoms with Crippen LogP contribution in [0.1, 0.15) is 51.9 Å². The molecule has 0 aliphatic heterocycles. The van der Waals surface area contributed by atoms with E-state index in [2.05, 4.69) is 13.0 Å². The Labute approximate surface area is 75.0 Å². The highest BCUT2D eigenvalue weighted by atomic mass is 14.7. The molecule has 0 saturated heterocycles. The summed E-state index contributed by atoms with van der Waals surface area (Å²) in [6.45, 7) is 2.31. The summed E-state index contributed by atoms with van der Waals surface area (Å²) in [5, 5.41) is 0. The minimum absolute atomic E-state index is 0.799. The summed E-state index contributed by atoms with van der Waals surface area (Å²) >= 11 is 0. The Kier molecular flexibility index (Phi) is 1.18. The average Bonchev–Trinajstić information content (AvgIpc) is 2.29. The van der Waals surface area contributed by atoms with Crippen molar-refractivity contribution in [1.82, 2.24) is 0 Å². The fourth-order valence-electron chi connectivity index (χ4n) is 3.90. The van der Waals surface area contributed by atoms with Gasteiger partial charge in [0.1, 0.15) is 0 Å². The third kappa shape index (κ3) is 0.654. The average molecular weight is 162 g/mol. The molecule has 0 amide bonds. The summed E-state index contributed by atoms with van der Waals surface area (Å²) in [6, 6.07) is 0. The summed E-state index contributed by atoms with van der Waals surface area (Å²) in [4.78, 5) is 0. The number of hydrogen-bond acceptors (Lipinski definition) is 0. The van der Waals surface area contributed by atoms with E-state index in [9.17, 15) is 0 Å². The third-order valence-corrected chi connectivity index (χ3v) is 4.47. The van der Waals surface area contributed by atoms with Crippen molar-refractivity contribution < 1.29 is 0 Å². The fraction of sp³-hybridized carbons (Fsp3) is 0.833. The van der Waals surface area contributed by atoms with Crippen LogP contribution in [0.5, 0.6) is 0 Å². The van der Waals surface area contributed by atoms with Gasteiger partial charge in [0.05, 0.1) is 0 Å². The van der Waals surface area contributed by atoms with Crippen molar-refractivity contribution in [3.05, 3.63) is 11.6 Å². The third-order valence-electron chi connectivity index (χ3n) is 4.47. The minimum atomic E-state index is 0.799. The monoisotopic (exact) mass is 162 g/mol. The van der Waals surface area contributed by atoms with Gasteiger partial charge >= 0.3 is 0 Å². The zero-order valence-electron chi connectivity index (χ0n) is 8.03. The summed E-state index contributed by atoms with van der Waals surface area (Å²) in [7, 11) is 0. The molecule has 12 heavy (non-hydrogen) atoms. The van der Waals surface area contributed by atoms with Crippen LogP contribution in [-0.2, 0) is 0 Å². The van der Waals surface area contributed by atoms with Crippen LogP contribution in [0.3, 0.4) is 0 Å². The number of rotatable bonds is 3. The van der Waals surface area contributed by atoms with Crippen molar-refractivity contribution in [1.29, 1.82) is 0 Å². The van der Waals surface area contributed by atoms with Gasteiger partial charge in [-0.05, 0) is 42.9 Å². The van der Waals surface area contributed by atoms with Gasteiger partial charge in [0.25, 0.3) is 0 Å². The van der Waals surface area contributed by atoms with Crippen molar-refractivity contribution in [2.45, 2.75) is 51.9 Å². The van der Waals surface area contributed by atoms with Gasteiger partial charge in [0.2, 0.25) is 0 Å². The van der Waals surface area contributed by atoms with Crippen LogP contribution in [0.4, 0.5) is 0 Å². The highest BCUT2D eigenvalue weighted by molar-refractivity contribution is 5.40. The maximum absolute atomic E-state index is 2.50. The number of hydrogen-bond donors (Lipinski definition) is 0. The van der Waals surface area contributed by atoms with Gasteiger partial charge in [-0.1, -0.05) is 31.4 Å². The van der Waals surface area contributed by atoms with E-state index in [4.69, 9.17) is 0 Å². The lowest BCUT2D eigenvalue weighted by molar-refractivity contribution is 0.0403.